The SMILES string of the molecule is CC1CC(N2C(=O)CNC2c2cccc([N+](=O)[O-])c2)C1. The molecule has 0 bridgehead atoms. The van der Waals surface area contributed by atoms with E-state index in [1.807, 2.05) is 11.0 Å². The van der Waals surface area contributed by atoms with Crippen LogP contribution >= 0.6 is 0 Å². The van der Waals surface area contributed by atoms with Gasteiger partial charge in [-0.2, -0.15) is 0 Å². The van der Waals surface area contributed by atoms with Crippen LogP contribution in [0.15, 0.2) is 24.3 Å². The lowest BCUT2D eigenvalue weighted by Gasteiger charge is -2.42. The van der Waals surface area contributed by atoms with Gasteiger partial charge in [0, 0.05) is 18.2 Å². The van der Waals surface area contributed by atoms with Gasteiger partial charge in [0.05, 0.1) is 11.5 Å². The summed E-state index contributed by atoms with van der Waals surface area (Å²) in [5.74, 6) is 0.734. The lowest BCUT2D eigenvalue weighted by Crippen LogP contribution is -2.46. The van der Waals surface area contributed by atoms with E-state index in [4.69, 9.17) is 0 Å². The molecule has 1 aromatic carbocycles. The highest BCUT2D eigenvalue weighted by Gasteiger charge is 2.41. The maximum Gasteiger partial charge on any atom is 0.269 e. The van der Waals surface area contributed by atoms with Crippen molar-refractivity contribution >= 4 is 11.6 Å². The molecule has 1 saturated heterocycles. The van der Waals surface area contributed by atoms with Crippen molar-refractivity contribution in [1.29, 1.82) is 0 Å². The van der Waals surface area contributed by atoms with E-state index in [2.05, 4.69) is 12.2 Å². The number of nitrogens with one attached hydrogen (secondary N) is 1. The van der Waals surface area contributed by atoms with Crippen molar-refractivity contribution in [1.82, 2.24) is 10.2 Å². The number of carbonyl (C=O) groups is 1. The third-order valence-electron chi connectivity index (χ3n) is 4.15. The van der Waals surface area contributed by atoms with Crippen molar-refractivity contribution in [2.24, 2.45) is 5.92 Å². The third-order valence-corrected chi connectivity index (χ3v) is 4.15. The smallest absolute Gasteiger partial charge is 0.269 e. The van der Waals surface area contributed by atoms with E-state index in [1.54, 1.807) is 12.1 Å². The highest BCUT2D eigenvalue weighted by molar-refractivity contribution is 5.81. The topological polar surface area (TPSA) is 75.5 Å². The zero-order valence-electron chi connectivity index (χ0n) is 11.3. The van der Waals surface area contributed by atoms with Crippen molar-refractivity contribution in [2.75, 3.05) is 6.54 Å². The Morgan fingerprint density at radius 2 is 2.15 bits per heavy atom. The average molecular weight is 275 g/mol. The minimum atomic E-state index is -0.407. The standard InChI is InChI=1S/C14H17N3O3/c1-9-5-12(6-9)16-13(18)8-15-14(16)10-3-2-4-11(7-10)17(19)20/h2-4,7,9,12,14-15H,5-6,8H2,1H3. The molecule has 1 atom stereocenters. The van der Waals surface area contributed by atoms with Gasteiger partial charge in [0.25, 0.3) is 5.69 Å². The summed E-state index contributed by atoms with van der Waals surface area (Å²) < 4.78 is 0. The predicted octanol–water partition coefficient (Wildman–Crippen LogP) is 1.82. The van der Waals surface area contributed by atoms with Crippen LogP contribution < -0.4 is 5.32 Å². The predicted molar refractivity (Wildman–Crippen MR) is 72.9 cm³/mol. The number of nitro benzene ring substituents is 1. The summed E-state index contributed by atoms with van der Waals surface area (Å²) in [5.41, 5.74) is 0.843. The number of benzene rings is 1. The van der Waals surface area contributed by atoms with Gasteiger partial charge in [0.15, 0.2) is 0 Å². The van der Waals surface area contributed by atoms with E-state index in [0.717, 1.165) is 18.4 Å². The van der Waals surface area contributed by atoms with Crippen LogP contribution in [0.25, 0.3) is 0 Å². The van der Waals surface area contributed by atoms with E-state index in [0.29, 0.717) is 12.5 Å². The van der Waals surface area contributed by atoms with E-state index >= 15 is 0 Å². The Hall–Kier alpha value is -1.95. The highest BCUT2D eigenvalue weighted by Crippen LogP contribution is 2.37. The molecule has 2 fully saturated rings. The van der Waals surface area contributed by atoms with Gasteiger partial charge in [-0.25, -0.2) is 0 Å². The van der Waals surface area contributed by atoms with Crippen molar-refractivity contribution < 1.29 is 9.72 Å². The van der Waals surface area contributed by atoms with Crippen LogP contribution in [0.3, 0.4) is 0 Å². The van der Waals surface area contributed by atoms with Crippen molar-refractivity contribution in [2.45, 2.75) is 32.0 Å². The molecular formula is C14H17N3O3. The molecule has 0 radical (unpaired) electrons. The second kappa shape index (κ2) is 4.86. The Balaban J connectivity index is 1.86. The van der Waals surface area contributed by atoms with Crippen LogP contribution in [-0.4, -0.2) is 28.3 Å². The summed E-state index contributed by atoms with van der Waals surface area (Å²) in [6.07, 6.45) is 1.79. The average Bonchev–Trinajstić information content (AvgIpc) is 2.77. The minimum absolute atomic E-state index is 0.0607. The van der Waals surface area contributed by atoms with Gasteiger partial charge in [0.2, 0.25) is 5.91 Å². The number of amides is 1. The van der Waals surface area contributed by atoms with Gasteiger partial charge >= 0.3 is 0 Å². The molecule has 1 amide bonds. The van der Waals surface area contributed by atoms with Crippen molar-refractivity contribution in [3.63, 3.8) is 0 Å². The summed E-state index contributed by atoms with van der Waals surface area (Å²) in [5, 5.41) is 14.0. The molecule has 1 aromatic rings. The zero-order chi connectivity index (χ0) is 14.3. The van der Waals surface area contributed by atoms with Crippen molar-refractivity contribution in [3.05, 3.63) is 39.9 Å². The maximum absolute atomic E-state index is 12.0. The van der Waals surface area contributed by atoms with Gasteiger partial charge in [-0.1, -0.05) is 19.1 Å². The molecule has 0 aromatic heterocycles. The molecule has 1 saturated carbocycles. The quantitative estimate of drug-likeness (QED) is 0.674. The van der Waals surface area contributed by atoms with Crippen LogP contribution in [0.2, 0.25) is 0 Å². The lowest BCUT2D eigenvalue weighted by atomic mass is 9.80. The summed E-state index contributed by atoms with van der Waals surface area (Å²) in [6.45, 7) is 2.48. The van der Waals surface area contributed by atoms with E-state index in [9.17, 15) is 14.9 Å². The molecular weight excluding hydrogens is 258 g/mol. The maximum atomic E-state index is 12.0. The molecule has 1 aliphatic carbocycles. The fraction of sp³-hybridized carbons (Fsp3) is 0.500. The molecule has 6 nitrogen and oxygen atoms in total. The Bertz CT molecular complexity index is 554. The molecule has 0 spiro atoms. The molecule has 1 unspecified atom stereocenters. The molecule has 1 N–H and O–H groups in total. The summed E-state index contributed by atoms with van der Waals surface area (Å²) in [4.78, 5) is 24.4. The van der Waals surface area contributed by atoms with Crippen LogP contribution in [-0.2, 0) is 4.79 Å². The number of carbonyl (C=O) groups excluding carboxylic acids is 1. The summed E-state index contributed by atoms with van der Waals surface area (Å²) >= 11 is 0. The lowest BCUT2D eigenvalue weighted by molar-refractivity contribution is -0.385. The molecule has 106 valence electrons. The first kappa shape index (κ1) is 13.1. The van der Waals surface area contributed by atoms with E-state index < -0.39 is 4.92 Å². The van der Waals surface area contributed by atoms with Gasteiger partial charge in [-0.05, 0) is 24.3 Å². The fourth-order valence-corrected chi connectivity index (χ4v) is 3.11. The molecule has 2 aliphatic rings. The van der Waals surface area contributed by atoms with Crippen LogP contribution in [0.4, 0.5) is 5.69 Å². The van der Waals surface area contributed by atoms with Crippen LogP contribution in [0.5, 0.6) is 0 Å². The van der Waals surface area contributed by atoms with Gasteiger partial charge in [-0.3, -0.25) is 20.2 Å². The second-order valence-electron chi connectivity index (χ2n) is 5.67. The number of nitro groups is 1. The number of non-ortho nitro benzene ring substituents is 1. The number of hydrogen-bond acceptors (Lipinski definition) is 4. The summed E-state index contributed by atoms with van der Waals surface area (Å²) in [7, 11) is 0. The Morgan fingerprint density at radius 3 is 2.80 bits per heavy atom. The number of hydrogen-bond donors (Lipinski definition) is 1. The molecule has 3 rings (SSSR count). The zero-order valence-corrected chi connectivity index (χ0v) is 11.3. The van der Waals surface area contributed by atoms with Crippen molar-refractivity contribution in [3.8, 4) is 0 Å². The molecule has 1 heterocycles. The van der Waals surface area contributed by atoms with E-state index in [-0.39, 0.29) is 23.8 Å². The first-order valence-corrected chi connectivity index (χ1v) is 6.85. The monoisotopic (exact) mass is 275 g/mol. The van der Waals surface area contributed by atoms with Crippen LogP contribution in [0, 0.1) is 16.0 Å². The normalized spacial score (nSPS) is 29.4. The number of rotatable bonds is 3. The van der Waals surface area contributed by atoms with Gasteiger partial charge < -0.3 is 4.90 Å². The first-order chi connectivity index (χ1) is 9.56. The molecule has 1 aliphatic heterocycles. The van der Waals surface area contributed by atoms with Gasteiger partial charge in [0.1, 0.15) is 6.17 Å². The third kappa shape index (κ3) is 2.16. The largest absolute Gasteiger partial charge is 0.319 e. The first-order valence-electron chi connectivity index (χ1n) is 6.85. The molecule has 6 heteroatoms. The Labute approximate surface area is 116 Å². The van der Waals surface area contributed by atoms with E-state index in [1.165, 1.54) is 6.07 Å². The fourth-order valence-electron chi connectivity index (χ4n) is 3.11. The Morgan fingerprint density at radius 1 is 1.40 bits per heavy atom. The van der Waals surface area contributed by atoms with Crippen LogP contribution in [0.1, 0.15) is 31.5 Å². The molecule has 20 heavy (non-hydrogen) atoms. The minimum Gasteiger partial charge on any atom is -0.319 e. The van der Waals surface area contributed by atoms with Gasteiger partial charge in [-0.15, -0.1) is 0 Å². The number of nitrogens with zero attached hydrogens (tertiary/aromatic N) is 2. The Kier molecular flexibility index (Phi) is 3.17. The highest BCUT2D eigenvalue weighted by atomic mass is 16.6. The second-order valence-corrected chi connectivity index (χ2v) is 5.67. The summed E-state index contributed by atoms with van der Waals surface area (Å²) in [6, 6.07) is 6.77.